The van der Waals surface area contributed by atoms with Crippen molar-refractivity contribution < 1.29 is 26.7 Å². The van der Waals surface area contributed by atoms with Crippen molar-refractivity contribution in [2.45, 2.75) is 12.1 Å². The molecule has 1 amide bonds. The minimum atomic E-state index is -4.81. The van der Waals surface area contributed by atoms with E-state index in [1.54, 1.807) is 5.32 Å². The number of carbonyl (C=O) groups excluding carboxylic acids is 1. The van der Waals surface area contributed by atoms with E-state index >= 15 is 0 Å². The molecule has 12 heteroatoms. The lowest BCUT2D eigenvalue weighted by molar-refractivity contribution is -0.137. The number of nitrogens with one attached hydrogen (secondary N) is 1. The van der Waals surface area contributed by atoms with Crippen molar-refractivity contribution in [3.8, 4) is 5.69 Å². The third-order valence-electron chi connectivity index (χ3n) is 3.94. The maximum atomic E-state index is 14.5. The standard InChI is InChI=1S/C18H11Cl2F5N4O/c19-10-6-28-29(8-10)11-5-14(20)15(26-7-11)17(21,22)9-27-16(30)12-3-1-2-4-13(12)18(23,24)25/h1-8H,9H2,(H,27,30). The molecule has 158 valence electrons. The summed E-state index contributed by atoms with van der Waals surface area (Å²) in [5, 5.41) is 5.58. The van der Waals surface area contributed by atoms with E-state index in [1.807, 2.05) is 0 Å². The van der Waals surface area contributed by atoms with Gasteiger partial charge in [-0.2, -0.15) is 27.1 Å². The van der Waals surface area contributed by atoms with Crippen LogP contribution in [-0.4, -0.2) is 27.2 Å². The molecule has 0 fully saturated rings. The number of hydrogen-bond donors (Lipinski definition) is 1. The first kappa shape index (κ1) is 22.0. The third-order valence-corrected chi connectivity index (χ3v) is 4.42. The van der Waals surface area contributed by atoms with Gasteiger partial charge in [-0.1, -0.05) is 35.3 Å². The molecule has 0 radical (unpaired) electrons. The van der Waals surface area contributed by atoms with E-state index in [9.17, 15) is 26.7 Å². The molecular weight excluding hydrogens is 454 g/mol. The Morgan fingerprint density at radius 2 is 1.80 bits per heavy atom. The van der Waals surface area contributed by atoms with Crippen molar-refractivity contribution in [2.24, 2.45) is 0 Å². The van der Waals surface area contributed by atoms with Gasteiger partial charge in [0.05, 0.1) is 45.8 Å². The predicted molar refractivity (Wildman–Crippen MR) is 99.1 cm³/mol. The summed E-state index contributed by atoms with van der Waals surface area (Å²) in [6.45, 7) is -1.31. The first-order valence-electron chi connectivity index (χ1n) is 8.18. The van der Waals surface area contributed by atoms with Gasteiger partial charge in [0.25, 0.3) is 5.91 Å². The Kier molecular flexibility index (Phi) is 6.00. The molecule has 0 bridgehead atoms. The molecule has 0 spiro atoms. The molecule has 0 aliphatic heterocycles. The molecule has 0 unspecified atom stereocenters. The van der Waals surface area contributed by atoms with Crippen LogP contribution in [0.4, 0.5) is 22.0 Å². The van der Waals surface area contributed by atoms with E-state index in [2.05, 4.69) is 10.1 Å². The van der Waals surface area contributed by atoms with Crippen LogP contribution in [0.25, 0.3) is 5.69 Å². The highest BCUT2D eigenvalue weighted by molar-refractivity contribution is 6.31. The predicted octanol–water partition coefficient (Wildman–Crippen LogP) is 5.11. The number of halogens is 7. The monoisotopic (exact) mass is 464 g/mol. The zero-order chi connectivity index (χ0) is 22.1. The second-order valence-electron chi connectivity index (χ2n) is 6.06. The molecule has 30 heavy (non-hydrogen) atoms. The summed E-state index contributed by atoms with van der Waals surface area (Å²) in [5.74, 6) is -5.05. The van der Waals surface area contributed by atoms with Crippen LogP contribution in [-0.2, 0) is 12.1 Å². The van der Waals surface area contributed by atoms with Gasteiger partial charge >= 0.3 is 12.1 Å². The zero-order valence-corrected chi connectivity index (χ0v) is 16.2. The minimum absolute atomic E-state index is 0.259. The van der Waals surface area contributed by atoms with Crippen molar-refractivity contribution in [3.05, 3.63) is 75.8 Å². The maximum Gasteiger partial charge on any atom is 0.417 e. The number of nitrogens with zero attached hydrogens (tertiary/aromatic N) is 3. The van der Waals surface area contributed by atoms with Crippen molar-refractivity contribution in [3.63, 3.8) is 0 Å². The van der Waals surface area contributed by atoms with E-state index in [1.165, 1.54) is 29.2 Å². The summed E-state index contributed by atoms with van der Waals surface area (Å²) in [5.41, 5.74) is -2.60. The van der Waals surface area contributed by atoms with Crippen LogP contribution < -0.4 is 5.32 Å². The topological polar surface area (TPSA) is 59.8 Å². The van der Waals surface area contributed by atoms with Crippen LogP contribution >= 0.6 is 23.2 Å². The van der Waals surface area contributed by atoms with E-state index in [0.717, 1.165) is 18.3 Å². The number of rotatable bonds is 5. The van der Waals surface area contributed by atoms with E-state index in [0.29, 0.717) is 11.1 Å². The van der Waals surface area contributed by atoms with Gasteiger partial charge in [0.15, 0.2) is 0 Å². The molecule has 2 aromatic heterocycles. The fourth-order valence-corrected chi connectivity index (χ4v) is 3.00. The highest BCUT2D eigenvalue weighted by atomic mass is 35.5. The van der Waals surface area contributed by atoms with Crippen LogP contribution in [0.3, 0.4) is 0 Å². The minimum Gasteiger partial charge on any atom is -0.346 e. The number of amides is 1. The Hall–Kier alpha value is -2.72. The average molecular weight is 465 g/mol. The quantitative estimate of drug-likeness (QED) is 0.533. The molecule has 0 aliphatic carbocycles. The molecule has 0 aliphatic rings. The normalized spacial score (nSPS) is 12.1. The first-order chi connectivity index (χ1) is 14.0. The fraction of sp³-hybridized carbons (Fsp3) is 0.167. The van der Waals surface area contributed by atoms with Crippen LogP contribution in [0.5, 0.6) is 0 Å². The number of alkyl halides is 5. The molecule has 3 aromatic rings. The lowest BCUT2D eigenvalue weighted by Crippen LogP contribution is -2.36. The Balaban J connectivity index is 1.78. The SMILES string of the molecule is O=C(NCC(F)(F)c1ncc(-n2cc(Cl)cn2)cc1Cl)c1ccccc1C(F)(F)F. The summed E-state index contributed by atoms with van der Waals surface area (Å²) in [4.78, 5) is 15.7. The van der Waals surface area contributed by atoms with Gasteiger partial charge in [-0.15, -0.1) is 0 Å². The van der Waals surface area contributed by atoms with E-state index in [-0.39, 0.29) is 5.69 Å². The van der Waals surface area contributed by atoms with Gasteiger partial charge in [0.2, 0.25) is 0 Å². The molecule has 0 atom stereocenters. The second kappa shape index (κ2) is 8.19. The third kappa shape index (κ3) is 4.71. The number of aromatic nitrogens is 3. The van der Waals surface area contributed by atoms with Crippen molar-refractivity contribution in [1.82, 2.24) is 20.1 Å². The Labute approximate surface area is 176 Å². The summed E-state index contributed by atoms with van der Waals surface area (Å²) in [6, 6.07) is 5.03. The van der Waals surface area contributed by atoms with Crippen molar-refractivity contribution >= 4 is 29.1 Å². The van der Waals surface area contributed by atoms with Gasteiger partial charge in [0, 0.05) is 6.20 Å². The fourth-order valence-electron chi connectivity index (χ4n) is 2.56. The van der Waals surface area contributed by atoms with Crippen molar-refractivity contribution in [1.29, 1.82) is 0 Å². The van der Waals surface area contributed by atoms with Gasteiger partial charge < -0.3 is 5.32 Å². The molecule has 1 aromatic carbocycles. The van der Waals surface area contributed by atoms with Crippen LogP contribution in [0.2, 0.25) is 10.0 Å². The lowest BCUT2D eigenvalue weighted by Gasteiger charge is -2.19. The zero-order valence-electron chi connectivity index (χ0n) is 14.7. The molecule has 3 rings (SSSR count). The number of carbonyl (C=O) groups is 1. The van der Waals surface area contributed by atoms with Crippen LogP contribution in [0.15, 0.2) is 48.9 Å². The first-order valence-corrected chi connectivity index (χ1v) is 8.93. The smallest absolute Gasteiger partial charge is 0.346 e. The van der Waals surface area contributed by atoms with Gasteiger partial charge in [0.1, 0.15) is 5.69 Å². The van der Waals surface area contributed by atoms with Crippen molar-refractivity contribution in [2.75, 3.05) is 6.54 Å². The molecule has 0 saturated heterocycles. The highest BCUT2D eigenvalue weighted by Gasteiger charge is 2.38. The Morgan fingerprint density at radius 3 is 2.40 bits per heavy atom. The summed E-state index contributed by atoms with van der Waals surface area (Å²) < 4.78 is 69.4. The summed E-state index contributed by atoms with van der Waals surface area (Å²) in [7, 11) is 0. The molecule has 2 heterocycles. The molecular formula is C18H11Cl2F5N4O. The summed E-state index contributed by atoms with van der Waals surface area (Å²) >= 11 is 11.7. The van der Waals surface area contributed by atoms with Gasteiger partial charge in [-0.25, -0.2) is 4.68 Å². The van der Waals surface area contributed by atoms with E-state index < -0.39 is 46.4 Å². The Morgan fingerprint density at radius 1 is 1.10 bits per heavy atom. The lowest BCUT2D eigenvalue weighted by atomic mass is 10.1. The molecule has 1 N–H and O–H groups in total. The van der Waals surface area contributed by atoms with Gasteiger partial charge in [-0.3, -0.25) is 9.78 Å². The van der Waals surface area contributed by atoms with Crippen LogP contribution in [0, 0.1) is 0 Å². The van der Waals surface area contributed by atoms with Gasteiger partial charge in [-0.05, 0) is 18.2 Å². The summed E-state index contributed by atoms with van der Waals surface area (Å²) in [6.07, 6.45) is -1.01. The number of hydrogen-bond acceptors (Lipinski definition) is 3. The average Bonchev–Trinajstić information content (AvgIpc) is 3.11. The Bertz CT molecular complexity index is 1080. The number of benzene rings is 1. The molecule has 0 saturated carbocycles. The highest BCUT2D eigenvalue weighted by Crippen LogP contribution is 2.34. The largest absolute Gasteiger partial charge is 0.417 e. The van der Waals surface area contributed by atoms with Crippen LogP contribution in [0.1, 0.15) is 21.6 Å². The maximum absolute atomic E-state index is 14.5. The number of pyridine rings is 1. The van der Waals surface area contributed by atoms with E-state index in [4.69, 9.17) is 23.2 Å². The molecule has 5 nitrogen and oxygen atoms in total. The second-order valence-corrected chi connectivity index (χ2v) is 6.90.